The highest BCUT2D eigenvalue weighted by Crippen LogP contribution is 2.38. The molecule has 1 fully saturated rings. The summed E-state index contributed by atoms with van der Waals surface area (Å²) >= 11 is 1.44. The van der Waals surface area contributed by atoms with Crippen molar-refractivity contribution in [3.05, 3.63) is 34.9 Å². The van der Waals surface area contributed by atoms with Gasteiger partial charge in [0.2, 0.25) is 5.91 Å². The van der Waals surface area contributed by atoms with E-state index in [2.05, 4.69) is 51.2 Å². The molecule has 0 spiro atoms. The van der Waals surface area contributed by atoms with Gasteiger partial charge in [-0.2, -0.15) is 11.8 Å². The Kier molecular flexibility index (Phi) is 11.5. The zero-order chi connectivity index (χ0) is 22.7. The molecule has 1 rings (SSSR count). The second-order valence-corrected chi connectivity index (χ2v) is 9.26. The molecule has 1 amide bonds. The van der Waals surface area contributed by atoms with Crippen molar-refractivity contribution in [1.29, 1.82) is 0 Å². The number of allylic oxidation sites excluding steroid dienone is 5. The summed E-state index contributed by atoms with van der Waals surface area (Å²) in [5, 5.41) is 20.6. The Morgan fingerprint density at radius 3 is 2.10 bits per heavy atom. The molecule has 3 N–H and O–H groups in total. The van der Waals surface area contributed by atoms with Crippen molar-refractivity contribution < 1.29 is 24.6 Å². The average Bonchev–Trinajstić information content (AvgIpc) is 3.44. The fourth-order valence-electron chi connectivity index (χ4n) is 2.94. The smallest absolute Gasteiger partial charge is 0.327 e. The van der Waals surface area contributed by atoms with Gasteiger partial charge in [0, 0.05) is 11.5 Å². The third-order valence-electron chi connectivity index (χ3n) is 5.02. The zero-order valence-electron chi connectivity index (χ0n) is 18.4. The number of thioether (sulfide) groups is 1. The number of hydrogen-bond donors (Lipinski definition) is 3. The van der Waals surface area contributed by atoms with Gasteiger partial charge in [0.05, 0.1) is 11.8 Å². The molecule has 7 heteroatoms. The Labute approximate surface area is 183 Å². The van der Waals surface area contributed by atoms with E-state index in [1.807, 2.05) is 0 Å². The van der Waals surface area contributed by atoms with Crippen LogP contribution in [0.25, 0.3) is 0 Å². The van der Waals surface area contributed by atoms with Crippen molar-refractivity contribution in [3.8, 4) is 0 Å². The summed E-state index contributed by atoms with van der Waals surface area (Å²) < 4.78 is 0. The Morgan fingerprint density at radius 2 is 1.57 bits per heavy atom. The number of rotatable bonds is 14. The lowest BCUT2D eigenvalue weighted by molar-refractivity contribution is -0.142. The van der Waals surface area contributed by atoms with E-state index in [9.17, 15) is 19.5 Å². The van der Waals surface area contributed by atoms with Gasteiger partial charge in [-0.15, -0.1) is 0 Å². The lowest BCUT2D eigenvalue weighted by atomic mass is 10.1. The highest BCUT2D eigenvalue weighted by Gasteiger charge is 2.48. The number of carboxylic acids is 2. The number of hydrogen-bond acceptors (Lipinski definition) is 4. The Bertz CT molecular complexity index is 706. The average molecular weight is 438 g/mol. The normalized spacial score (nSPS) is 19.7. The minimum absolute atomic E-state index is 0.249. The molecule has 0 aliphatic heterocycles. The molecular formula is C23H35NO5S. The second-order valence-electron chi connectivity index (χ2n) is 8.18. The van der Waals surface area contributed by atoms with E-state index in [1.54, 1.807) is 0 Å². The molecule has 30 heavy (non-hydrogen) atoms. The number of carbonyl (C=O) groups is 3. The molecule has 0 aromatic carbocycles. The largest absolute Gasteiger partial charge is 0.481 e. The first kappa shape index (κ1) is 26.0. The third kappa shape index (κ3) is 10.7. The SMILES string of the molecule is CC(C)=CCC/C(C)=C/CC/C(C)=C/CSC[C@H](NC(=O)[C@H]1C[C@H]1C(=O)O)C(=O)O. The van der Waals surface area contributed by atoms with E-state index >= 15 is 0 Å². The number of nitrogens with one attached hydrogen (secondary N) is 1. The number of carboxylic acid groups (broad SMARTS) is 2. The van der Waals surface area contributed by atoms with Crippen molar-refractivity contribution in [2.75, 3.05) is 11.5 Å². The van der Waals surface area contributed by atoms with Crippen LogP contribution in [0.1, 0.15) is 59.8 Å². The Hall–Kier alpha value is -2.02. The summed E-state index contributed by atoms with van der Waals surface area (Å²) in [6.07, 6.45) is 11.0. The van der Waals surface area contributed by atoms with E-state index in [-0.39, 0.29) is 12.2 Å². The van der Waals surface area contributed by atoms with Gasteiger partial charge in [-0.3, -0.25) is 9.59 Å². The molecule has 0 aromatic heterocycles. The molecule has 1 aliphatic carbocycles. The topological polar surface area (TPSA) is 104 Å². The second kappa shape index (κ2) is 13.3. The molecule has 0 aromatic rings. The molecular weight excluding hydrogens is 402 g/mol. The summed E-state index contributed by atoms with van der Waals surface area (Å²) in [7, 11) is 0. The van der Waals surface area contributed by atoms with Crippen LogP contribution in [0.4, 0.5) is 0 Å². The number of carbonyl (C=O) groups excluding carboxylic acids is 1. The molecule has 168 valence electrons. The van der Waals surface area contributed by atoms with E-state index in [4.69, 9.17) is 5.11 Å². The van der Waals surface area contributed by atoms with Crippen LogP contribution < -0.4 is 5.32 Å². The summed E-state index contributed by atoms with van der Waals surface area (Å²) in [4.78, 5) is 34.2. The summed E-state index contributed by atoms with van der Waals surface area (Å²) in [6.45, 7) is 8.45. The highest BCUT2D eigenvalue weighted by molar-refractivity contribution is 7.99. The van der Waals surface area contributed by atoms with Crippen LogP contribution in [0.15, 0.2) is 34.9 Å². The standard InChI is InChI=1S/C23H35NO5S/c1-15(2)7-5-8-16(3)9-6-10-17(4)11-12-30-14-20(23(28)29)24-21(25)18-13-19(18)22(26)27/h7,9,11,18-20H,5-6,8,10,12-14H2,1-4H3,(H,24,25)(H,26,27)(H,28,29)/b16-9+,17-11+/t18-,19+,20-/m0/s1. The predicted octanol–water partition coefficient (Wildman–Crippen LogP) is 4.43. The molecule has 1 saturated carbocycles. The summed E-state index contributed by atoms with van der Waals surface area (Å²) in [6, 6.07) is -1.00. The van der Waals surface area contributed by atoms with E-state index in [0.29, 0.717) is 5.75 Å². The molecule has 1 aliphatic rings. The molecule has 0 radical (unpaired) electrons. The number of aliphatic carboxylic acids is 2. The zero-order valence-corrected chi connectivity index (χ0v) is 19.3. The predicted molar refractivity (Wildman–Crippen MR) is 122 cm³/mol. The Morgan fingerprint density at radius 1 is 0.967 bits per heavy atom. The molecule has 3 atom stereocenters. The maximum Gasteiger partial charge on any atom is 0.327 e. The van der Waals surface area contributed by atoms with Crippen molar-refractivity contribution in [2.45, 2.75) is 65.8 Å². The van der Waals surface area contributed by atoms with E-state index in [0.717, 1.165) is 25.7 Å². The molecule has 0 unspecified atom stereocenters. The van der Waals surface area contributed by atoms with Crippen LogP contribution in [0, 0.1) is 11.8 Å². The molecule has 0 heterocycles. The first-order valence-corrected chi connectivity index (χ1v) is 11.6. The molecule has 0 saturated heterocycles. The van der Waals surface area contributed by atoms with Crippen LogP contribution in [-0.4, -0.2) is 45.6 Å². The lowest BCUT2D eigenvalue weighted by Crippen LogP contribution is -2.43. The maximum absolute atomic E-state index is 12.0. The van der Waals surface area contributed by atoms with Crippen LogP contribution in [0.3, 0.4) is 0 Å². The Balaban J connectivity index is 2.30. The first-order valence-electron chi connectivity index (χ1n) is 10.4. The van der Waals surface area contributed by atoms with Crippen molar-refractivity contribution in [2.24, 2.45) is 11.8 Å². The van der Waals surface area contributed by atoms with Crippen LogP contribution >= 0.6 is 11.8 Å². The van der Waals surface area contributed by atoms with E-state index < -0.39 is 35.7 Å². The number of amides is 1. The van der Waals surface area contributed by atoms with Crippen molar-refractivity contribution >= 4 is 29.6 Å². The van der Waals surface area contributed by atoms with Gasteiger partial charge in [0.15, 0.2) is 0 Å². The van der Waals surface area contributed by atoms with Gasteiger partial charge in [-0.1, -0.05) is 34.9 Å². The summed E-state index contributed by atoms with van der Waals surface area (Å²) in [5.41, 5.74) is 4.00. The van der Waals surface area contributed by atoms with Gasteiger partial charge in [-0.05, 0) is 59.8 Å². The van der Waals surface area contributed by atoms with Gasteiger partial charge in [0.25, 0.3) is 0 Å². The van der Waals surface area contributed by atoms with Gasteiger partial charge < -0.3 is 15.5 Å². The molecule has 0 bridgehead atoms. The highest BCUT2D eigenvalue weighted by atomic mass is 32.2. The van der Waals surface area contributed by atoms with Crippen molar-refractivity contribution in [3.63, 3.8) is 0 Å². The minimum atomic E-state index is -1.10. The van der Waals surface area contributed by atoms with Gasteiger partial charge >= 0.3 is 11.9 Å². The van der Waals surface area contributed by atoms with Crippen LogP contribution in [-0.2, 0) is 14.4 Å². The summed E-state index contributed by atoms with van der Waals surface area (Å²) in [5.74, 6) is -2.94. The van der Waals surface area contributed by atoms with Crippen molar-refractivity contribution in [1.82, 2.24) is 5.32 Å². The maximum atomic E-state index is 12.0. The van der Waals surface area contributed by atoms with Gasteiger partial charge in [-0.25, -0.2) is 4.79 Å². The minimum Gasteiger partial charge on any atom is -0.481 e. The lowest BCUT2D eigenvalue weighted by Gasteiger charge is -2.13. The quantitative estimate of drug-likeness (QED) is 0.274. The van der Waals surface area contributed by atoms with Gasteiger partial charge in [0.1, 0.15) is 6.04 Å². The fourth-order valence-corrected chi connectivity index (χ4v) is 3.94. The van der Waals surface area contributed by atoms with E-state index in [1.165, 1.54) is 28.5 Å². The first-order chi connectivity index (χ1) is 14.1. The third-order valence-corrected chi connectivity index (χ3v) is 5.99. The van der Waals surface area contributed by atoms with Crippen LogP contribution in [0.5, 0.6) is 0 Å². The molecule has 6 nitrogen and oxygen atoms in total. The van der Waals surface area contributed by atoms with Crippen LogP contribution in [0.2, 0.25) is 0 Å². The fraction of sp³-hybridized carbons (Fsp3) is 0.609. The monoisotopic (exact) mass is 437 g/mol.